The molecule has 0 saturated heterocycles. The van der Waals surface area contributed by atoms with Gasteiger partial charge >= 0.3 is 0 Å². The average molecular weight is 297 g/mol. The number of nitrogens with one attached hydrogen (secondary N) is 1. The lowest BCUT2D eigenvalue weighted by molar-refractivity contribution is -0.384. The Bertz CT molecular complexity index is 576. The molecule has 1 N–H and O–H groups in total. The van der Waals surface area contributed by atoms with E-state index >= 15 is 0 Å². The fraction of sp³-hybridized carbons (Fsp3) is 0.143. The van der Waals surface area contributed by atoms with Crippen LogP contribution in [0.25, 0.3) is 0 Å². The number of hydrogen-bond acceptors (Lipinski definition) is 3. The van der Waals surface area contributed by atoms with Crippen LogP contribution in [0.2, 0.25) is 0 Å². The van der Waals surface area contributed by atoms with Gasteiger partial charge in [0.1, 0.15) is 5.82 Å². The topological polar surface area (TPSA) is 55.2 Å². The van der Waals surface area contributed by atoms with Crippen molar-refractivity contribution in [2.75, 3.05) is 0 Å². The van der Waals surface area contributed by atoms with E-state index in [1.165, 1.54) is 24.3 Å². The van der Waals surface area contributed by atoms with Crippen molar-refractivity contribution >= 4 is 18.1 Å². The molecule has 0 saturated carbocycles. The van der Waals surface area contributed by atoms with Crippen LogP contribution in [-0.4, -0.2) is 4.92 Å². The summed E-state index contributed by atoms with van der Waals surface area (Å²) < 4.78 is 12.7. The molecule has 106 valence electrons. The highest BCUT2D eigenvalue weighted by molar-refractivity contribution is 5.85. The van der Waals surface area contributed by atoms with E-state index in [4.69, 9.17) is 0 Å². The fourth-order valence-corrected chi connectivity index (χ4v) is 1.73. The molecule has 0 heterocycles. The van der Waals surface area contributed by atoms with Gasteiger partial charge in [-0.15, -0.1) is 12.4 Å². The Balaban J connectivity index is 0.00000200. The van der Waals surface area contributed by atoms with E-state index in [1.807, 2.05) is 6.07 Å². The van der Waals surface area contributed by atoms with Gasteiger partial charge in [0.25, 0.3) is 5.69 Å². The van der Waals surface area contributed by atoms with E-state index in [0.29, 0.717) is 13.1 Å². The summed E-state index contributed by atoms with van der Waals surface area (Å²) >= 11 is 0. The number of benzene rings is 2. The fourth-order valence-electron chi connectivity index (χ4n) is 1.73. The van der Waals surface area contributed by atoms with Crippen molar-refractivity contribution in [2.45, 2.75) is 13.1 Å². The third kappa shape index (κ3) is 4.60. The molecule has 0 radical (unpaired) electrons. The number of halogens is 2. The maximum atomic E-state index is 12.7. The van der Waals surface area contributed by atoms with Crippen molar-refractivity contribution in [1.82, 2.24) is 5.32 Å². The van der Waals surface area contributed by atoms with Gasteiger partial charge in [-0.1, -0.05) is 24.3 Å². The molecule has 6 heteroatoms. The molecule has 0 aromatic heterocycles. The zero-order chi connectivity index (χ0) is 13.7. The Kier molecular flexibility index (Phi) is 6.09. The summed E-state index contributed by atoms with van der Waals surface area (Å²) in [5.41, 5.74) is 1.89. The van der Waals surface area contributed by atoms with E-state index in [1.54, 1.807) is 18.2 Å². The molecule has 0 aliphatic heterocycles. The second-order valence-corrected chi connectivity index (χ2v) is 4.16. The zero-order valence-corrected chi connectivity index (χ0v) is 11.4. The predicted octanol–water partition coefficient (Wildman–Crippen LogP) is 3.45. The Morgan fingerprint density at radius 1 is 1.05 bits per heavy atom. The van der Waals surface area contributed by atoms with Gasteiger partial charge in [-0.25, -0.2) is 4.39 Å². The van der Waals surface area contributed by atoms with Crippen LogP contribution in [-0.2, 0) is 13.1 Å². The molecule has 4 nitrogen and oxygen atoms in total. The van der Waals surface area contributed by atoms with Gasteiger partial charge in [0.05, 0.1) is 4.92 Å². The van der Waals surface area contributed by atoms with Gasteiger partial charge in [0.2, 0.25) is 0 Å². The number of nitro benzene ring substituents is 1. The molecule has 0 spiro atoms. The predicted molar refractivity (Wildman–Crippen MR) is 77.3 cm³/mol. The lowest BCUT2D eigenvalue weighted by Crippen LogP contribution is -2.12. The standard InChI is InChI=1S/C14H13FN2O2.ClH/c15-13-6-4-11(5-7-13)9-16-10-12-2-1-3-14(8-12)17(18)19;/h1-8,16H,9-10H2;1H. The SMILES string of the molecule is Cl.O=[N+]([O-])c1cccc(CNCc2ccc(F)cc2)c1. The Labute approximate surface area is 122 Å². The van der Waals surface area contributed by atoms with Crippen molar-refractivity contribution < 1.29 is 9.31 Å². The normalized spacial score (nSPS) is 9.85. The van der Waals surface area contributed by atoms with Crippen LogP contribution in [0.4, 0.5) is 10.1 Å². The lowest BCUT2D eigenvalue weighted by atomic mass is 10.2. The van der Waals surface area contributed by atoms with E-state index in [9.17, 15) is 14.5 Å². The van der Waals surface area contributed by atoms with Crippen molar-refractivity contribution in [2.24, 2.45) is 0 Å². The van der Waals surface area contributed by atoms with Crippen LogP contribution < -0.4 is 5.32 Å². The quantitative estimate of drug-likeness (QED) is 0.679. The van der Waals surface area contributed by atoms with E-state index in [-0.39, 0.29) is 23.9 Å². The summed E-state index contributed by atoms with van der Waals surface area (Å²) in [5, 5.41) is 13.8. The average Bonchev–Trinajstić information content (AvgIpc) is 2.41. The van der Waals surface area contributed by atoms with Gasteiger partial charge < -0.3 is 5.32 Å². The van der Waals surface area contributed by atoms with Crippen LogP contribution in [0, 0.1) is 15.9 Å². The monoisotopic (exact) mass is 296 g/mol. The van der Waals surface area contributed by atoms with Crippen LogP contribution in [0.3, 0.4) is 0 Å². The van der Waals surface area contributed by atoms with Gasteiger partial charge in [0, 0.05) is 25.2 Å². The molecule has 0 bridgehead atoms. The minimum Gasteiger partial charge on any atom is -0.309 e. The Morgan fingerprint density at radius 3 is 2.35 bits per heavy atom. The van der Waals surface area contributed by atoms with Crippen LogP contribution in [0.5, 0.6) is 0 Å². The molecule has 0 fully saturated rings. The smallest absolute Gasteiger partial charge is 0.269 e. The minimum atomic E-state index is -0.413. The third-order valence-electron chi connectivity index (χ3n) is 2.69. The molecule has 2 rings (SSSR count). The molecule has 2 aromatic carbocycles. The number of nitro groups is 1. The van der Waals surface area contributed by atoms with Gasteiger partial charge in [-0.2, -0.15) is 0 Å². The number of non-ortho nitro benzene ring substituents is 1. The summed E-state index contributed by atoms with van der Waals surface area (Å²) in [5.74, 6) is -0.262. The lowest BCUT2D eigenvalue weighted by Gasteiger charge is -2.05. The van der Waals surface area contributed by atoms with Gasteiger partial charge in [-0.05, 0) is 23.3 Å². The molecule has 0 unspecified atom stereocenters. The Hall–Kier alpha value is -1.98. The van der Waals surface area contributed by atoms with Crippen LogP contribution in [0.15, 0.2) is 48.5 Å². The Morgan fingerprint density at radius 2 is 1.70 bits per heavy atom. The summed E-state index contributed by atoms with van der Waals surface area (Å²) in [7, 11) is 0. The van der Waals surface area contributed by atoms with Crippen molar-refractivity contribution in [3.8, 4) is 0 Å². The maximum Gasteiger partial charge on any atom is 0.269 e. The van der Waals surface area contributed by atoms with Crippen molar-refractivity contribution in [3.05, 3.63) is 75.6 Å². The molecule has 0 amide bonds. The minimum absolute atomic E-state index is 0. The molecule has 20 heavy (non-hydrogen) atoms. The molecular formula is C14H14ClFN2O2. The molecule has 2 aromatic rings. The highest BCUT2D eigenvalue weighted by Gasteiger charge is 2.05. The number of hydrogen-bond donors (Lipinski definition) is 1. The summed E-state index contributed by atoms with van der Waals surface area (Å²) in [4.78, 5) is 10.2. The van der Waals surface area contributed by atoms with E-state index in [2.05, 4.69) is 5.32 Å². The molecule has 0 aliphatic rings. The highest BCUT2D eigenvalue weighted by Crippen LogP contribution is 2.13. The first-order chi connectivity index (χ1) is 9.15. The largest absolute Gasteiger partial charge is 0.309 e. The van der Waals surface area contributed by atoms with Gasteiger partial charge in [-0.3, -0.25) is 10.1 Å². The number of rotatable bonds is 5. The third-order valence-corrected chi connectivity index (χ3v) is 2.69. The van der Waals surface area contributed by atoms with Gasteiger partial charge in [0.15, 0.2) is 0 Å². The first-order valence-electron chi connectivity index (χ1n) is 5.83. The van der Waals surface area contributed by atoms with Crippen molar-refractivity contribution in [3.63, 3.8) is 0 Å². The number of nitrogens with zero attached hydrogens (tertiary/aromatic N) is 1. The first kappa shape index (κ1) is 16.1. The summed E-state index contributed by atoms with van der Waals surface area (Å²) in [6, 6.07) is 12.7. The summed E-state index contributed by atoms with van der Waals surface area (Å²) in [6.45, 7) is 1.11. The van der Waals surface area contributed by atoms with E-state index < -0.39 is 4.92 Å². The molecule has 0 aliphatic carbocycles. The van der Waals surface area contributed by atoms with Crippen molar-refractivity contribution in [1.29, 1.82) is 0 Å². The molecular weight excluding hydrogens is 283 g/mol. The second kappa shape index (κ2) is 7.57. The highest BCUT2D eigenvalue weighted by atomic mass is 35.5. The molecule has 0 atom stereocenters. The zero-order valence-electron chi connectivity index (χ0n) is 10.6. The van der Waals surface area contributed by atoms with Crippen LogP contribution >= 0.6 is 12.4 Å². The van der Waals surface area contributed by atoms with E-state index in [0.717, 1.165) is 11.1 Å². The second-order valence-electron chi connectivity index (χ2n) is 4.16. The first-order valence-corrected chi connectivity index (χ1v) is 5.83. The maximum absolute atomic E-state index is 12.7. The summed E-state index contributed by atoms with van der Waals surface area (Å²) in [6.07, 6.45) is 0. The van der Waals surface area contributed by atoms with Crippen LogP contribution in [0.1, 0.15) is 11.1 Å².